The van der Waals surface area contributed by atoms with E-state index in [9.17, 15) is 5.11 Å². The monoisotopic (exact) mass is 233 g/mol. The summed E-state index contributed by atoms with van der Waals surface area (Å²) in [7, 11) is 0. The van der Waals surface area contributed by atoms with Crippen LogP contribution < -0.4 is 0 Å². The van der Waals surface area contributed by atoms with Gasteiger partial charge in [-0.05, 0) is 49.7 Å². The number of hydrogen-bond acceptors (Lipinski definition) is 2. The highest BCUT2D eigenvalue weighted by Crippen LogP contribution is 2.33. The molecule has 1 fully saturated rings. The molecule has 0 bridgehead atoms. The average molecular weight is 233 g/mol. The lowest BCUT2D eigenvalue weighted by atomic mass is 9.76. The normalized spacial score (nSPS) is 29.2. The Labute approximate surface area is 104 Å². The summed E-state index contributed by atoms with van der Waals surface area (Å²) in [4.78, 5) is 4.37. The van der Waals surface area contributed by atoms with Gasteiger partial charge in [-0.3, -0.25) is 4.98 Å². The second-order valence-electron chi connectivity index (χ2n) is 5.32. The molecule has 0 aliphatic heterocycles. The average Bonchev–Trinajstić information content (AvgIpc) is 2.35. The molecule has 1 aromatic heterocycles. The van der Waals surface area contributed by atoms with E-state index in [1.54, 1.807) is 0 Å². The van der Waals surface area contributed by atoms with E-state index in [2.05, 4.69) is 18.0 Å². The molecule has 0 aromatic carbocycles. The van der Waals surface area contributed by atoms with Gasteiger partial charge in [0, 0.05) is 11.9 Å². The van der Waals surface area contributed by atoms with Crippen LogP contribution >= 0.6 is 0 Å². The Balaban J connectivity index is 1.94. The molecule has 94 valence electrons. The molecule has 17 heavy (non-hydrogen) atoms. The first-order valence-corrected chi connectivity index (χ1v) is 6.87. The van der Waals surface area contributed by atoms with E-state index < -0.39 is 0 Å². The van der Waals surface area contributed by atoms with E-state index in [4.69, 9.17) is 0 Å². The quantitative estimate of drug-likeness (QED) is 0.866. The molecular formula is C15H23NO. The predicted octanol–water partition coefficient (Wildman–Crippen LogP) is 3.20. The van der Waals surface area contributed by atoms with Crippen molar-refractivity contribution in [3.63, 3.8) is 0 Å². The van der Waals surface area contributed by atoms with Crippen LogP contribution in [0.4, 0.5) is 0 Å². The molecule has 3 atom stereocenters. The van der Waals surface area contributed by atoms with Crippen molar-refractivity contribution in [2.75, 3.05) is 0 Å². The zero-order valence-corrected chi connectivity index (χ0v) is 10.7. The molecule has 0 radical (unpaired) electrons. The van der Waals surface area contributed by atoms with Crippen molar-refractivity contribution >= 4 is 0 Å². The minimum absolute atomic E-state index is 0.120. The third-order valence-electron chi connectivity index (χ3n) is 3.95. The van der Waals surface area contributed by atoms with Crippen molar-refractivity contribution < 1.29 is 5.11 Å². The molecule has 2 rings (SSSR count). The number of rotatable bonds is 4. The van der Waals surface area contributed by atoms with Gasteiger partial charge in [-0.2, -0.15) is 0 Å². The first-order valence-electron chi connectivity index (χ1n) is 6.87. The summed E-state index contributed by atoms with van der Waals surface area (Å²) >= 11 is 0. The van der Waals surface area contributed by atoms with E-state index in [0.717, 1.165) is 24.5 Å². The number of aromatic nitrogens is 1. The topological polar surface area (TPSA) is 33.1 Å². The first kappa shape index (κ1) is 12.6. The van der Waals surface area contributed by atoms with Gasteiger partial charge in [0.15, 0.2) is 0 Å². The summed E-state index contributed by atoms with van der Waals surface area (Å²) in [6.07, 6.45) is 8.57. The molecule has 3 unspecified atom stereocenters. The van der Waals surface area contributed by atoms with Crippen molar-refractivity contribution in [1.29, 1.82) is 0 Å². The van der Waals surface area contributed by atoms with Crippen LogP contribution in [0.3, 0.4) is 0 Å². The molecule has 2 nitrogen and oxygen atoms in total. The molecule has 1 saturated carbocycles. The Bertz CT molecular complexity index is 325. The van der Waals surface area contributed by atoms with Crippen LogP contribution in [-0.4, -0.2) is 16.2 Å². The minimum Gasteiger partial charge on any atom is -0.393 e. The molecule has 1 aromatic rings. The van der Waals surface area contributed by atoms with E-state index in [-0.39, 0.29) is 6.10 Å². The summed E-state index contributed by atoms with van der Waals surface area (Å²) in [5, 5.41) is 10.1. The fourth-order valence-electron chi connectivity index (χ4n) is 3.02. The lowest BCUT2D eigenvalue weighted by Crippen LogP contribution is -2.30. The lowest BCUT2D eigenvalue weighted by Gasteiger charge is -2.33. The maximum absolute atomic E-state index is 10.1. The largest absolute Gasteiger partial charge is 0.393 e. The second kappa shape index (κ2) is 6.15. The molecule has 0 saturated heterocycles. The number of pyridine rings is 1. The van der Waals surface area contributed by atoms with Crippen LogP contribution in [0.25, 0.3) is 0 Å². The van der Waals surface area contributed by atoms with Gasteiger partial charge in [0.1, 0.15) is 0 Å². The van der Waals surface area contributed by atoms with Crippen LogP contribution in [0.5, 0.6) is 0 Å². The number of hydrogen-bond donors (Lipinski definition) is 1. The van der Waals surface area contributed by atoms with Crippen molar-refractivity contribution in [3.05, 3.63) is 30.1 Å². The second-order valence-corrected chi connectivity index (χ2v) is 5.32. The predicted molar refractivity (Wildman–Crippen MR) is 69.7 cm³/mol. The number of nitrogens with zero attached hydrogens (tertiary/aromatic N) is 1. The first-order chi connectivity index (χ1) is 8.29. The molecule has 0 spiro atoms. The Morgan fingerprint density at radius 2 is 2.24 bits per heavy atom. The van der Waals surface area contributed by atoms with Crippen LogP contribution in [0.15, 0.2) is 24.4 Å². The number of aliphatic hydroxyl groups is 1. The van der Waals surface area contributed by atoms with E-state index in [1.807, 2.05) is 18.3 Å². The molecule has 2 heteroatoms. The molecule has 1 aliphatic carbocycles. The molecule has 1 heterocycles. The van der Waals surface area contributed by atoms with Crippen LogP contribution in [0, 0.1) is 11.8 Å². The van der Waals surface area contributed by atoms with E-state index in [0.29, 0.717) is 5.92 Å². The van der Waals surface area contributed by atoms with Crippen LogP contribution in [0.2, 0.25) is 0 Å². The fourth-order valence-corrected chi connectivity index (χ4v) is 3.02. The highest BCUT2D eigenvalue weighted by molar-refractivity contribution is 5.05. The third kappa shape index (κ3) is 3.53. The zero-order valence-electron chi connectivity index (χ0n) is 10.7. The zero-order chi connectivity index (χ0) is 12.1. The smallest absolute Gasteiger partial charge is 0.0572 e. The number of aliphatic hydroxyl groups excluding tert-OH is 1. The van der Waals surface area contributed by atoms with E-state index >= 15 is 0 Å². The Kier molecular flexibility index (Phi) is 4.55. The van der Waals surface area contributed by atoms with Gasteiger partial charge in [-0.25, -0.2) is 0 Å². The van der Waals surface area contributed by atoms with Crippen molar-refractivity contribution in [1.82, 2.24) is 4.98 Å². The van der Waals surface area contributed by atoms with Crippen molar-refractivity contribution in [2.45, 2.75) is 51.6 Å². The van der Waals surface area contributed by atoms with Gasteiger partial charge in [-0.15, -0.1) is 0 Å². The molecule has 0 amide bonds. The Hall–Kier alpha value is -0.890. The van der Waals surface area contributed by atoms with Gasteiger partial charge < -0.3 is 5.11 Å². The molecule has 1 aliphatic rings. The minimum atomic E-state index is -0.120. The molecular weight excluding hydrogens is 210 g/mol. The fraction of sp³-hybridized carbons (Fsp3) is 0.667. The van der Waals surface area contributed by atoms with E-state index in [1.165, 1.54) is 25.7 Å². The van der Waals surface area contributed by atoms with Crippen molar-refractivity contribution in [3.8, 4) is 0 Å². The summed E-state index contributed by atoms with van der Waals surface area (Å²) < 4.78 is 0. The summed E-state index contributed by atoms with van der Waals surface area (Å²) in [6, 6.07) is 6.04. The van der Waals surface area contributed by atoms with Crippen LogP contribution in [0.1, 0.15) is 44.7 Å². The van der Waals surface area contributed by atoms with Gasteiger partial charge in [0.25, 0.3) is 0 Å². The maximum Gasteiger partial charge on any atom is 0.0572 e. The Morgan fingerprint density at radius 3 is 2.94 bits per heavy atom. The summed E-state index contributed by atoms with van der Waals surface area (Å²) in [5.41, 5.74) is 1.12. The van der Waals surface area contributed by atoms with Crippen LogP contribution in [-0.2, 0) is 6.42 Å². The van der Waals surface area contributed by atoms with Gasteiger partial charge in [0.05, 0.1) is 6.10 Å². The molecule has 1 N–H and O–H groups in total. The summed E-state index contributed by atoms with van der Waals surface area (Å²) in [5.74, 6) is 1.23. The highest BCUT2D eigenvalue weighted by Gasteiger charge is 2.28. The standard InChI is InChI=1S/C15H23NO/c1-2-5-12-7-8-15(17)13(10-12)11-14-6-3-4-9-16-14/h3-4,6,9,12-13,15,17H,2,5,7-8,10-11H2,1H3. The van der Waals surface area contributed by atoms with Gasteiger partial charge in [0.2, 0.25) is 0 Å². The highest BCUT2D eigenvalue weighted by atomic mass is 16.3. The third-order valence-corrected chi connectivity index (χ3v) is 3.95. The summed E-state index contributed by atoms with van der Waals surface area (Å²) in [6.45, 7) is 2.25. The maximum atomic E-state index is 10.1. The van der Waals surface area contributed by atoms with Gasteiger partial charge >= 0.3 is 0 Å². The van der Waals surface area contributed by atoms with Gasteiger partial charge in [-0.1, -0.05) is 25.8 Å². The van der Waals surface area contributed by atoms with Crippen molar-refractivity contribution in [2.24, 2.45) is 11.8 Å². The lowest BCUT2D eigenvalue weighted by molar-refractivity contribution is 0.0458. The Morgan fingerprint density at radius 1 is 1.35 bits per heavy atom. The SMILES string of the molecule is CCCC1CCC(O)C(Cc2ccccn2)C1.